The first-order valence-electron chi connectivity index (χ1n) is 4.80. The molecular weight excluding hydrogens is 304 g/mol. The first kappa shape index (κ1) is 12.1. The Bertz CT molecular complexity index is 457. The minimum atomic E-state index is 0.868. The topological polar surface area (TPSA) is 24.9 Å². The maximum atomic E-state index is 4.28. The van der Waals surface area contributed by atoms with E-state index < -0.39 is 0 Å². The molecule has 1 aromatic heterocycles. The highest BCUT2D eigenvalue weighted by Crippen LogP contribution is 2.33. The average molecular weight is 315 g/mol. The van der Waals surface area contributed by atoms with E-state index in [2.05, 4.69) is 44.4 Å². The van der Waals surface area contributed by atoms with E-state index >= 15 is 0 Å². The molecule has 16 heavy (non-hydrogen) atoms. The van der Waals surface area contributed by atoms with Crippen LogP contribution in [-0.2, 0) is 6.54 Å². The fraction of sp³-hybridized carbons (Fsp3) is 0.182. The molecule has 1 aromatic carbocycles. The van der Waals surface area contributed by atoms with Crippen molar-refractivity contribution in [3.05, 3.63) is 39.8 Å². The average Bonchev–Trinajstić information content (AvgIpc) is 2.75. The Morgan fingerprint density at radius 2 is 2.38 bits per heavy atom. The zero-order valence-electron chi connectivity index (χ0n) is 8.74. The minimum absolute atomic E-state index is 0.868. The van der Waals surface area contributed by atoms with Gasteiger partial charge in [0.1, 0.15) is 0 Å². The molecule has 2 nitrogen and oxygen atoms in total. The summed E-state index contributed by atoms with van der Waals surface area (Å²) < 4.78 is 2.20. The lowest BCUT2D eigenvalue weighted by Crippen LogP contribution is -2.06. The van der Waals surface area contributed by atoms with Gasteiger partial charge in [0.25, 0.3) is 0 Å². The van der Waals surface area contributed by atoms with Crippen molar-refractivity contribution in [3.63, 3.8) is 0 Å². The first-order valence-corrected chi connectivity index (χ1v) is 7.29. The third-order valence-corrected chi connectivity index (χ3v) is 4.49. The molecule has 0 saturated carbocycles. The molecule has 0 atom stereocenters. The van der Waals surface area contributed by atoms with E-state index in [1.165, 1.54) is 10.5 Å². The number of nitrogens with one attached hydrogen (secondary N) is 1. The van der Waals surface area contributed by atoms with Gasteiger partial charge in [-0.15, -0.1) is 11.3 Å². The van der Waals surface area contributed by atoms with Gasteiger partial charge in [0, 0.05) is 27.5 Å². The van der Waals surface area contributed by atoms with Crippen LogP contribution in [0.3, 0.4) is 0 Å². The van der Waals surface area contributed by atoms with Crippen LogP contribution < -0.4 is 5.32 Å². The Morgan fingerprint density at radius 1 is 1.50 bits per heavy atom. The summed E-state index contributed by atoms with van der Waals surface area (Å²) in [5, 5.41) is 5.18. The number of rotatable bonds is 4. The van der Waals surface area contributed by atoms with Crippen molar-refractivity contribution in [2.75, 3.05) is 7.05 Å². The Balaban J connectivity index is 2.25. The molecule has 0 radical (unpaired) electrons. The number of hydrogen-bond donors (Lipinski definition) is 1. The van der Waals surface area contributed by atoms with Gasteiger partial charge < -0.3 is 5.32 Å². The van der Waals surface area contributed by atoms with Gasteiger partial charge in [-0.1, -0.05) is 27.7 Å². The van der Waals surface area contributed by atoms with Crippen molar-refractivity contribution >= 4 is 39.0 Å². The molecule has 0 bridgehead atoms. The van der Waals surface area contributed by atoms with Crippen molar-refractivity contribution in [2.45, 2.75) is 15.8 Å². The summed E-state index contributed by atoms with van der Waals surface area (Å²) in [5.74, 6) is 0. The van der Waals surface area contributed by atoms with E-state index in [1.54, 1.807) is 23.1 Å². The van der Waals surface area contributed by atoms with Crippen LogP contribution in [0.25, 0.3) is 0 Å². The van der Waals surface area contributed by atoms with Crippen LogP contribution in [-0.4, -0.2) is 12.0 Å². The molecule has 2 rings (SSSR count). The van der Waals surface area contributed by atoms with Crippen molar-refractivity contribution < 1.29 is 0 Å². The summed E-state index contributed by atoms with van der Waals surface area (Å²) in [6.45, 7) is 0.868. The zero-order valence-corrected chi connectivity index (χ0v) is 12.0. The Morgan fingerprint density at radius 3 is 3.06 bits per heavy atom. The van der Waals surface area contributed by atoms with E-state index in [4.69, 9.17) is 0 Å². The number of benzene rings is 1. The monoisotopic (exact) mass is 314 g/mol. The molecule has 0 aliphatic carbocycles. The molecule has 0 amide bonds. The van der Waals surface area contributed by atoms with Crippen molar-refractivity contribution in [2.24, 2.45) is 0 Å². The molecule has 0 unspecified atom stereocenters. The van der Waals surface area contributed by atoms with Gasteiger partial charge in [-0.2, -0.15) is 0 Å². The molecule has 0 fully saturated rings. The summed E-state index contributed by atoms with van der Waals surface area (Å²) in [4.78, 5) is 5.54. The van der Waals surface area contributed by atoms with Crippen LogP contribution in [0.1, 0.15) is 5.56 Å². The quantitative estimate of drug-likeness (QED) is 0.929. The van der Waals surface area contributed by atoms with Gasteiger partial charge >= 0.3 is 0 Å². The molecule has 1 heterocycles. The zero-order chi connectivity index (χ0) is 11.4. The highest BCUT2D eigenvalue weighted by molar-refractivity contribution is 9.10. The maximum Gasteiger partial charge on any atom is 0.154 e. The molecule has 1 N–H and O–H groups in total. The van der Waals surface area contributed by atoms with Crippen LogP contribution in [0.5, 0.6) is 0 Å². The largest absolute Gasteiger partial charge is 0.316 e. The predicted octanol–water partition coefficient (Wildman–Crippen LogP) is 3.78. The van der Waals surface area contributed by atoms with E-state index in [0.717, 1.165) is 15.4 Å². The fourth-order valence-electron chi connectivity index (χ4n) is 1.33. The molecule has 2 aromatic rings. The van der Waals surface area contributed by atoms with Crippen LogP contribution in [0.4, 0.5) is 0 Å². The number of halogens is 1. The highest BCUT2D eigenvalue weighted by Gasteiger charge is 2.06. The van der Waals surface area contributed by atoms with Crippen LogP contribution in [0, 0.1) is 0 Å². The number of hydrogen-bond acceptors (Lipinski definition) is 4. The third kappa shape index (κ3) is 3.07. The predicted molar refractivity (Wildman–Crippen MR) is 73.1 cm³/mol. The summed E-state index contributed by atoms with van der Waals surface area (Å²) >= 11 is 6.88. The summed E-state index contributed by atoms with van der Waals surface area (Å²) in [6, 6.07) is 6.34. The SMILES string of the molecule is CNCc1cc(Br)ccc1Sc1nccs1. The minimum Gasteiger partial charge on any atom is -0.316 e. The van der Waals surface area contributed by atoms with E-state index in [1.807, 2.05) is 18.6 Å². The fourth-order valence-corrected chi connectivity index (χ4v) is 3.43. The summed E-state index contributed by atoms with van der Waals surface area (Å²) in [7, 11) is 1.96. The van der Waals surface area contributed by atoms with Crippen LogP contribution in [0.2, 0.25) is 0 Å². The van der Waals surface area contributed by atoms with Gasteiger partial charge in [0.2, 0.25) is 0 Å². The highest BCUT2D eigenvalue weighted by atomic mass is 79.9. The van der Waals surface area contributed by atoms with Crippen molar-refractivity contribution in [1.82, 2.24) is 10.3 Å². The van der Waals surface area contributed by atoms with Crippen molar-refractivity contribution in [1.29, 1.82) is 0 Å². The standard InChI is InChI=1S/C11H11BrN2S2/c1-13-7-8-6-9(12)2-3-10(8)16-11-14-4-5-15-11/h2-6,13H,7H2,1H3. The molecular formula is C11H11BrN2S2. The van der Waals surface area contributed by atoms with Gasteiger partial charge in [-0.3, -0.25) is 0 Å². The Labute approximate surface area is 112 Å². The van der Waals surface area contributed by atoms with Crippen LogP contribution in [0.15, 0.2) is 43.5 Å². The van der Waals surface area contributed by atoms with E-state index in [-0.39, 0.29) is 0 Å². The van der Waals surface area contributed by atoms with Gasteiger partial charge in [-0.25, -0.2) is 4.98 Å². The number of thiazole rings is 1. The van der Waals surface area contributed by atoms with Crippen molar-refractivity contribution in [3.8, 4) is 0 Å². The van der Waals surface area contributed by atoms with E-state index in [0.29, 0.717) is 0 Å². The molecule has 0 aliphatic heterocycles. The maximum absolute atomic E-state index is 4.28. The van der Waals surface area contributed by atoms with Gasteiger partial charge in [0.05, 0.1) is 0 Å². The number of nitrogens with zero attached hydrogens (tertiary/aromatic N) is 1. The molecule has 0 spiro atoms. The molecule has 84 valence electrons. The van der Waals surface area contributed by atoms with Gasteiger partial charge in [-0.05, 0) is 30.8 Å². The lowest BCUT2D eigenvalue weighted by Gasteiger charge is -2.07. The van der Waals surface area contributed by atoms with Crippen LogP contribution >= 0.6 is 39.0 Å². The number of aromatic nitrogens is 1. The molecule has 5 heteroatoms. The van der Waals surface area contributed by atoms with Gasteiger partial charge in [0.15, 0.2) is 4.34 Å². The lowest BCUT2D eigenvalue weighted by molar-refractivity contribution is 0.802. The summed E-state index contributed by atoms with van der Waals surface area (Å²) in [6.07, 6.45) is 1.84. The Kier molecular flexibility index (Phi) is 4.40. The smallest absolute Gasteiger partial charge is 0.154 e. The lowest BCUT2D eigenvalue weighted by atomic mass is 10.2. The van der Waals surface area contributed by atoms with E-state index in [9.17, 15) is 0 Å². The summed E-state index contributed by atoms with van der Waals surface area (Å²) in [5.41, 5.74) is 1.29. The second-order valence-corrected chi connectivity index (χ2v) is 6.28. The third-order valence-electron chi connectivity index (χ3n) is 2.00. The second-order valence-electron chi connectivity index (χ2n) is 3.18. The second kappa shape index (κ2) is 5.82. The first-order chi connectivity index (χ1) is 7.79. The molecule has 0 saturated heterocycles. The molecule has 0 aliphatic rings. The normalized spacial score (nSPS) is 10.6. The Hall–Kier alpha value is -0.360.